The number of anilines is 2. The van der Waals surface area contributed by atoms with Crippen molar-refractivity contribution in [3.05, 3.63) is 47.8 Å². The Morgan fingerprint density at radius 3 is 2.48 bits per heavy atom. The van der Waals surface area contributed by atoms with Crippen molar-refractivity contribution < 1.29 is 0 Å². The zero-order valence-electron chi connectivity index (χ0n) is 12.9. The molecule has 0 amide bonds. The summed E-state index contributed by atoms with van der Waals surface area (Å²) in [6, 6.07) is 12.5. The first kappa shape index (κ1) is 15.3. The lowest BCUT2D eigenvalue weighted by Gasteiger charge is -2.09. The van der Waals surface area contributed by atoms with E-state index in [1.54, 1.807) is 0 Å². The van der Waals surface area contributed by atoms with Gasteiger partial charge in [-0.3, -0.25) is 0 Å². The Bertz CT molecular complexity index is 540. The number of hydrogen-bond acceptors (Lipinski definition) is 4. The smallest absolute Gasteiger partial charge is 0.133 e. The van der Waals surface area contributed by atoms with Gasteiger partial charge in [-0.2, -0.15) is 0 Å². The van der Waals surface area contributed by atoms with E-state index in [9.17, 15) is 0 Å². The number of benzene rings is 1. The molecule has 2 N–H and O–H groups in total. The molecule has 0 unspecified atom stereocenters. The van der Waals surface area contributed by atoms with E-state index in [4.69, 9.17) is 0 Å². The molecule has 0 bridgehead atoms. The Morgan fingerprint density at radius 2 is 1.76 bits per heavy atom. The van der Waals surface area contributed by atoms with E-state index in [1.807, 2.05) is 13.1 Å². The van der Waals surface area contributed by atoms with Crippen LogP contribution in [0.5, 0.6) is 0 Å². The summed E-state index contributed by atoms with van der Waals surface area (Å²) in [6.07, 6.45) is 4.14. The molecule has 0 aliphatic rings. The third-order valence-corrected chi connectivity index (χ3v) is 3.29. The van der Waals surface area contributed by atoms with Crippen LogP contribution in [-0.4, -0.2) is 23.6 Å². The number of aromatic nitrogens is 2. The number of nitrogens with zero attached hydrogens (tertiary/aromatic N) is 2. The normalized spacial score (nSPS) is 10.4. The Morgan fingerprint density at radius 1 is 1.00 bits per heavy atom. The molecule has 1 aromatic carbocycles. The summed E-state index contributed by atoms with van der Waals surface area (Å²) in [5.41, 5.74) is 1.38. The Labute approximate surface area is 127 Å². The third kappa shape index (κ3) is 5.06. The highest BCUT2D eigenvalue weighted by molar-refractivity contribution is 5.47. The Hall–Kier alpha value is -2.10. The van der Waals surface area contributed by atoms with Crippen molar-refractivity contribution in [1.82, 2.24) is 9.97 Å². The average Bonchev–Trinajstić information content (AvgIpc) is 2.53. The maximum Gasteiger partial charge on any atom is 0.133 e. The molecule has 0 atom stereocenters. The molecule has 0 aliphatic heterocycles. The molecular formula is C17H24N4. The molecule has 2 aromatic rings. The van der Waals surface area contributed by atoms with Crippen LogP contribution in [0.3, 0.4) is 0 Å². The van der Waals surface area contributed by atoms with Gasteiger partial charge in [-0.15, -0.1) is 0 Å². The van der Waals surface area contributed by atoms with Crippen molar-refractivity contribution in [2.24, 2.45) is 0 Å². The second kappa shape index (κ2) is 8.25. The summed E-state index contributed by atoms with van der Waals surface area (Å²) >= 11 is 0. The summed E-state index contributed by atoms with van der Waals surface area (Å²) in [5, 5.41) is 6.49. The molecule has 0 radical (unpaired) electrons. The number of rotatable bonds is 8. The highest BCUT2D eigenvalue weighted by Crippen LogP contribution is 2.12. The van der Waals surface area contributed by atoms with Crippen LogP contribution in [0.2, 0.25) is 0 Å². The number of aryl methyl sites for hydroxylation is 2. The highest BCUT2D eigenvalue weighted by atomic mass is 15.1. The number of hydrogen-bond donors (Lipinski definition) is 2. The molecule has 21 heavy (non-hydrogen) atoms. The summed E-state index contributed by atoms with van der Waals surface area (Å²) < 4.78 is 0. The van der Waals surface area contributed by atoms with Crippen molar-refractivity contribution in [1.29, 1.82) is 0 Å². The van der Waals surface area contributed by atoms with E-state index >= 15 is 0 Å². The van der Waals surface area contributed by atoms with Crippen LogP contribution >= 0.6 is 0 Å². The van der Waals surface area contributed by atoms with Crippen molar-refractivity contribution in [2.75, 3.05) is 24.2 Å². The first-order valence-electron chi connectivity index (χ1n) is 7.65. The maximum absolute atomic E-state index is 4.55. The highest BCUT2D eigenvalue weighted by Gasteiger charge is 2.03. The molecular weight excluding hydrogens is 260 g/mol. The quantitative estimate of drug-likeness (QED) is 0.728. The minimum absolute atomic E-state index is 0.874. The van der Waals surface area contributed by atoms with E-state index in [2.05, 4.69) is 57.9 Å². The van der Waals surface area contributed by atoms with Crippen molar-refractivity contribution in [3.8, 4) is 0 Å². The van der Waals surface area contributed by atoms with Gasteiger partial charge in [0.1, 0.15) is 17.5 Å². The van der Waals surface area contributed by atoms with Crippen molar-refractivity contribution in [2.45, 2.75) is 32.6 Å². The molecule has 112 valence electrons. The molecule has 0 fully saturated rings. The van der Waals surface area contributed by atoms with Crippen LogP contribution in [-0.2, 0) is 12.8 Å². The Balaban J connectivity index is 1.86. The Kier molecular flexibility index (Phi) is 6.00. The molecule has 0 saturated carbocycles. The van der Waals surface area contributed by atoms with Crippen LogP contribution in [0.4, 0.5) is 11.6 Å². The van der Waals surface area contributed by atoms with Crippen LogP contribution in [0, 0.1) is 0 Å². The lowest BCUT2D eigenvalue weighted by atomic mass is 10.1. The summed E-state index contributed by atoms with van der Waals surface area (Å²) in [7, 11) is 1.89. The van der Waals surface area contributed by atoms with Crippen molar-refractivity contribution >= 4 is 11.6 Å². The van der Waals surface area contributed by atoms with E-state index in [0.717, 1.165) is 49.7 Å². The fourth-order valence-electron chi connectivity index (χ4n) is 2.20. The molecule has 0 spiro atoms. The fourth-order valence-corrected chi connectivity index (χ4v) is 2.20. The number of nitrogens with one attached hydrogen (secondary N) is 2. The van der Waals surface area contributed by atoms with Gasteiger partial charge < -0.3 is 10.6 Å². The standard InChI is InChI=1S/C17H24N4/c1-3-8-15-20-16(18-2)13-17(21-15)19-12-7-11-14-9-5-4-6-10-14/h4-6,9-10,13H,3,7-8,11-12H2,1-2H3,(H2,18,19,20,21). The van der Waals surface area contributed by atoms with E-state index in [-0.39, 0.29) is 0 Å². The first-order valence-corrected chi connectivity index (χ1v) is 7.65. The summed E-state index contributed by atoms with van der Waals surface area (Å²) in [5.74, 6) is 2.68. The van der Waals surface area contributed by atoms with Gasteiger partial charge in [0.05, 0.1) is 0 Å². The van der Waals surface area contributed by atoms with Gasteiger partial charge in [0.2, 0.25) is 0 Å². The zero-order chi connectivity index (χ0) is 14.9. The first-order chi connectivity index (χ1) is 10.3. The average molecular weight is 284 g/mol. The van der Waals surface area contributed by atoms with Gasteiger partial charge in [0.15, 0.2) is 0 Å². The van der Waals surface area contributed by atoms with Gasteiger partial charge in [0, 0.05) is 26.1 Å². The SMILES string of the molecule is CCCc1nc(NC)cc(NCCCc2ccccc2)n1. The molecule has 4 nitrogen and oxygen atoms in total. The van der Waals surface area contributed by atoms with E-state index in [0.29, 0.717) is 0 Å². The minimum Gasteiger partial charge on any atom is -0.373 e. The van der Waals surface area contributed by atoms with Gasteiger partial charge in [0.25, 0.3) is 0 Å². The molecule has 1 aromatic heterocycles. The van der Waals surface area contributed by atoms with Crippen LogP contribution in [0.25, 0.3) is 0 Å². The van der Waals surface area contributed by atoms with Gasteiger partial charge in [-0.25, -0.2) is 9.97 Å². The van der Waals surface area contributed by atoms with Crippen LogP contribution < -0.4 is 10.6 Å². The van der Waals surface area contributed by atoms with Crippen LogP contribution in [0.15, 0.2) is 36.4 Å². The van der Waals surface area contributed by atoms with Gasteiger partial charge in [-0.1, -0.05) is 37.3 Å². The predicted octanol–water partition coefficient (Wildman–Crippen LogP) is 3.52. The van der Waals surface area contributed by atoms with Crippen LogP contribution in [0.1, 0.15) is 31.2 Å². The monoisotopic (exact) mass is 284 g/mol. The predicted molar refractivity (Wildman–Crippen MR) is 88.8 cm³/mol. The molecule has 4 heteroatoms. The van der Waals surface area contributed by atoms with Crippen molar-refractivity contribution in [3.63, 3.8) is 0 Å². The van der Waals surface area contributed by atoms with E-state index in [1.165, 1.54) is 5.56 Å². The molecule has 0 aliphatic carbocycles. The van der Waals surface area contributed by atoms with Gasteiger partial charge >= 0.3 is 0 Å². The molecule has 0 saturated heterocycles. The second-order valence-electron chi connectivity index (χ2n) is 5.07. The maximum atomic E-state index is 4.55. The lowest BCUT2D eigenvalue weighted by molar-refractivity contribution is 0.824. The second-order valence-corrected chi connectivity index (χ2v) is 5.07. The summed E-state index contributed by atoms with van der Waals surface area (Å²) in [4.78, 5) is 9.01. The molecule has 2 rings (SSSR count). The third-order valence-electron chi connectivity index (χ3n) is 3.29. The van der Waals surface area contributed by atoms with Gasteiger partial charge in [-0.05, 0) is 24.8 Å². The molecule has 1 heterocycles. The fraction of sp³-hybridized carbons (Fsp3) is 0.412. The lowest BCUT2D eigenvalue weighted by Crippen LogP contribution is -2.08. The van der Waals surface area contributed by atoms with E-state index < -0.39 is 0 Å². The summed E-state index contributed by atoms with van der Waals surface area (Å²) in [6.45, 7) is 3.06. The topological polar surface area (TPSA) is 49.8 Å². The minimum atomic E-state index is 0.874. The zero-order valence-corrected chi connectivity index (χ0v) is 12.9. The largest absolute Gasteiger partial charge is 0.373 e.